The maximum Gasteiger partial charge on any atom is 0.217 e. The number of rotatable bonds is 6. The van der Waals surface area contributed by atoms with Crippen molar-refractivity contribution >= 4 is 10.0 Å². The summed E-state index contributed by atoms with van der Waals surface area (Å²) in [5.74, 6) is 1.01. The third-order valence-corrected chi connectivity index (χ3v) is 5.41. The lowest BCUT2D eigenvalue weighted by Crippen LogP contribution is -2.33. The van der Waals surface area contributed by atoms with Crippen molar-refractivity contribution in [3.8, 4) is 5.75 Å². The SMILES string of the molecule is Cc1ccc(OCCS(=O)(=O)N2CCC(CN)C2)cc1. The first-order valence-electron chi connectivity index (χ1n) is 6.88. The minimum absolute atomic E-state index is 0.0121. The summed E-state index contributed by atoms with van der Waals surface area (Å²) in [6.07, 6.45) is 0.856. The predicted molar refractivity (Wildman–Crippen MR) is 79.2 cm³/mol. The van der Waals surface area contributed by atoms with Crippen molar-refractivity contribution in [2.24, 2.45) is 11.7 Å². The van der Waals surface area contributed by atoms with Gasteiger partial charge >= 0.3 is 0 Å². The summed E-state index contributed by atoms with van der Waals surface area (Å²) in [5, 5.41) is 0. The number of benzene rings is 1. The number of hydrogen-bond donors (Lipinski definition) is 1. The van der Waals surface area contributed by atoms with Gasteiger partial charge in [0.15, 0.2) is 0 Å². The van der Waals surface area contributed by atoms with Gasteiger partial charge in [-0.15, -0.1) is 0 Å². The fourth-order valence-electron chi connectivity index (χ4n) is 2.27. The fraction of sp³-hybridized carbons (Fsp3) is 0.571. The molecule has 5 nitrogen and oxygen atoms in total. The van der Waals surface area contributed by atoms with E-state index in [4.69, 9.17) is 10.5 Å². The first kappa shape index (κ1) is 15.3. The van der Waals surface area contributed by atoms with E-state index in [-0.39, 0.29) is 12.4 Å². The van der Waals surface area contributed by atoms with Gasteiger partial charge < -0.3 is 10.5 Å². The largest absolute Gasteiger partial charge is 0.492 e. The van der Waals surface area contributed by atoms with Crippen LogP contribution in [0.1, 0.15) is 12.0 Å². The molecule has 1 atom stereocenters. The van der Waals surface area contributed by atoms with Crippen molar-refractivity contribution in [2.75, 3.05) is 32.0 Å². The van der Waals surface area contributed by atoms with E-state index >= 15 is 0 Å². The van der Waals surface area contributed by atoms with Gasteiger partial charge in [-0.3, -0.25) is 0 Å². The van der Waals surface area contributed by atoms with Gasteiger partial charge in [0.2, 0.25) is 10.0 Å². The van der Waals surface area contributed by atoms with Crippen molar-refractivity contribution in [1.29, 1.82) is 0 Å². The van der Waals surface area contributed by atoms with Gasteiger partial charge in [0.25, 0.3) is 0 Å². The zero-order valence-electron chi connectivity index (χ0n) is 11.8. The lowest BCUT2D eigenvalue weighted by Gasteiger charge is -2.16. The zero-order chi connectivity index (χ0) is 14.6. The van der Waals surface area contributed by atoms with Crippen LogP contribution >= 0.6 is 0 Å². The molecule has 0 aliphatic carbocycles. The third kappa shape index (κ3) is 3.94. The molecule has 1 fully saturated rings. The normalized spacial score (nSPS) is 20.2. The van der Waals surface area contributed by atoms with Crippen LogP contribution in [0.2, 0.25) is 0 Å². The number of sulfonamides is 1. The standard InChI is InChI=1S/C14H22N2O3S/c1-12-2-4-14(5-3-12)19-8-9-20(17,18)16-7-6-13(10-15)11-16/h2-5,13H,6-11,15H2,1H3. The van der Waals surface area contributed by atoms with Gasteiger partial charge in [0.1, 0.15) is 12.4 Å². The maximum atomic E-state index is 12.1. The fourth-order valence-corrected chi connectivity index (χ4v) is 3.64. The molecule has 0 amide bonds. The van der Waals surface area contributed by atoms with E-state index in [0.717, 1.165) is 12.0 Å². The average Bonchev–Trinajstić information content (AvgIpc) is 2.90. The second-order valence-corrected chi connectivity index (χ2v) is 7.31. The molecule has 1 aromatic rings. The first-order chi connectivity index (χ1) is 9.51. The Balaban J connectivity index is 1.82. The van der Waals surface area contributed by atoms with E-state index in [1.54, 1.807) is 0 Å². The monoisotopic (exact) mass is 298 g/mol. The molecular weight excluding hydrogens is 276 g/mol. The van der Waals surface area contributed by atoms with E-state index in [1.165, 1.54) is 4.31 Å². The second kappa shape index (κ2) is 6.56. The van der Waals surface area contributed by atoms with E-state index < -0.39 is 10.0 Å². The second-order valence-electron chi connectivity index (χ2n) is 5.23. The summed E-state index contributed by atoms with van der Waals surface area (Å²) >= 11 is 0. The molecule has 1 unspecified atom stereocenters. The van der Waals surface area contributed by atoms with Gasteiger partial charge in [-0.25, -0.2) is 12.7 Å². The van der Waals surface area contributed by atoms with Gasteiger partial charge in [-0.2, -0.15) is 0 Å². The predicted octanol–water partition coefficient (Wildman–Crippen LogP) is 0.984. The molecule has 2 rings (SSSR count). The summed E-state index contributed by atoms with van der Waals surface area (Å²) in [7, 11) is -3.23. The van der Waals surface area contributed by atoms with Crippen LogP contribution in [0.5, 0.6) is 5.75 Å². The van der Waals surface area contributed by atoms with E-state index in [2.05, 4.69) is 0 Å². The van der Waals surface area contributed by atoms with Crippen LogP contribution in [0.4, 0.5) is 0 Å². The van der Waals surface area contributed by atoms with E-state index in [1.807, 2.05) is 31.2 Å². The number of nitrogens with zero attached hydrogens (tertiary/aromatic N) is 1. The Bertz CT molecular complexity index is 528. The first-order valence-corrected chi connectivity index (χ1v) is 8.49. The highest BCUT2D eigenvalue weighted by atomic mass is 32.2. The lowest BCUT2D eigenvalue weighted by molar-refractivity contribution is 0.336. The maximum absolute atomic E-state index is 12.1. The lowest BCUT2D eigenvalue weighted by atomic mass is 10.1. The Hall–Kier alpha value is -1.11. The number of aryl methyl sites for hydroxylation is 1. The van der Waals surface area contributed by atoms with Crippen LogP contribution in [-0.4, -0.2) is 44.7 Å². The van der Waals surface area contributed by atoms with Crippen molar-refractivity contribution in [3.05, 3.63) is 29.8 Å². The van der Waals surface area contributed by atoms with Gasteiger partial charge in [0.05, 0.1) is 5.75 Å². The highest BCUT2D eigenvalue weighted by Gasteiger charge is 2.30. The van der Waals surface area contributed by atoms with Crippen molar-refractivity contribution < 1.29 is 13.2 Å². The van der Waals surface area contributed by atoms with Gasteiger partial charge in [-0.1, -0.05) is 17.7 Å². The van der Waals surface area contributed by atoms with Crippen molar-refractivity contribution in [3.63, 3.8) is 0 Å². The van der Waals surface area contributed by atoms with Crippen LogP contribution in [0, 0.1) is 12.8 Å². The molecule has 2 N–H and O–H groups in total. The summed E-state index contributed by atoms with van der Waals surface area (Å²) in [5.41, 5.74) is 6.73. The molecule has 1 saturated heterocycles. The molecule has 6 heteroatoms. The molecule has 1 aliphatic heterocycles. The topological polar surface area (TPSA) is 72.6 Å². The Kier molecular flexibility index (Phi) is 5.01. The molecule has 0 spiro atoms. The Morgan fingerprint density at radius 1 is 1.35 bits per heavy atom. The molecule has 112 valence electrons. The molecule has 20 heavy (non-hydrogen) atoms. The van der Waals surface area contributed by atoms with Gasteiger partial charge in [-0.05, 0) is 37.9 Å². The molecule has 1 aromatic carbocycles. The average molecular weight is 298 g/mol. The zero-order valence-corrected chi connectivity index (χ0v) is 12.6. The molecule has 0 saturated carbocycles. The molecule has 0 radical (unpaired) electrons. The summed E-state index contributed by atoms with van der Waals surface area (Å²) in [6.45, 7) is 3.84. The van der Waals surface area contributed by atoms with Crippen LogP contribution in [0.3, 0.4) is 0 Å². The third-order valence-electron chi connectivity index (χ3n) is 3.61. The van der Waals surface area contributed by atoms with Crippen LogP contribution in [0.25, 0.3) is 0 Å². The smallest absolute Gasteiger partial charge is 0.217 e. The Morgan fingerprint density at radius 3 is 2.65 bits per heavy atom. The summed E-state index contributed by atoms with van der Waals surface area (Å²) < 4.78 is 31.3. The minimum atomic E-state index is -3.23. The van der Waals surface area contributed by atoms with Crippen LogP contribution in [0.15, 0.2) is 24.3 Å². The summed E-state index contributed by atoms with van der Waals surface area (Å²) in [6, 6.07) is 7.58. The molecule has 1 heterocycles. The highest BCUT2D eigenvalue weighted by Crippen LogP contribution is 2.19. The summed E-state index contributed by atoms with van der Waals surface area (Å²) in [4.78, 5) is 0. The highest BCUT2D eigenvalue weighted by molar-refractivity contribution is 7.89. The molecule has 1 aliphatic rings. The molecular formula is C14H22N2O3S. The van der Waals surface area contributed by atoms with Gasteiger partial charge in [0, 0.05) is 13.1 Å². The molecule has 0 aromatic heterocycles. The van der Waals surface area contributed by atoms with Crippen LogP contribution in [-0.2, 0) is 10.0 Å². The Labute approximate surface area is 120 Å². The molecule has 0 bridgehead atoms. The number of hydrogen-bond acceptors (Lipinski definition) is 4. The number of ether oxygens (including phenoxy) is 1. The quantitative estimate of drug-likeness (QED) is 0.850. The van der Waals surface area contributed by atoms with E-state index in [0.29, 0.717) is 31.3 Å². The van der Waals surface area contributed by atoms with E-state index in [9.17, 15) is 8.42 Å². The number of nitrogens with two attached hydrogens (primary N) is 1. The van der Waals surface area contributed by atoms with Crippen LogP contribution < -0.4 is 10.5 Å². The minimum Gasteiger partial charge on any atom is -0.492 e. The van der Waals surface area contributed by atoms with Crippen molar-refractivity contribution in [1.82, 2.24) is 4.31 Å². The Morgan fingerprint density at radius 2 is 2.05 bits per heavy atom. The van der Waals surface area contributed by atoms with Crippen molar-refractivity contribution in [2.45, 2.75) is 13.3 Å².